The predicted octanol–water partition coefficient (Wildman–Crippen LogP) is 4.84. The van der Waals surface area contributed by atoms with Gasteiger partial charge in [-0.25, -0.2) is 4.79 Å². The van der Waals surface area contributed by atoms with Gasteiger partial charge in [0.15, 0.2) is 0 Å². The summed E-state index contributed by atoms with van der Waals surface area (Å²) in [5.74, 6) is 0.717. The van der Waals surface area contributed by atoms with Crippen LogP contribution >= 0.6 is 23.2 Å². The van der Waals surface area contributed by atoms with E-state index in [2.05, 4.69) is 5.32 Å². The molecule has 1 N–H and O–H groups in total. The Balaban J connectivity index is 1.83. The highest BCUT2D eigenvalue weighted by Crippen LogP contribution is 2.23. The van der Waals surface area contributed by atoms with Crippen LogP contribution < -0.4 is 10.1 Å². The zero-order chi connectivity index (χ0) is 16.8. The molecule has 23 heavy (non-hydrogen) atoms. The molecule has 2 rings (SSSR count). The van der Waals surface area contributed by atoms with Crippen molar-refractivity contribution < 1.29 is 9.53 Å². The highest BCUT2D eigenvalue weighted by molar-refractivity contribution is 6.31. The summed E-state index contributed by atoms with van der Waals surface area (Å²) in [6.45, 7) is 2.70. The number of urea groups is 1. The Morgan fingerprint density at radius 1 is 1.17 bits per heavy atom. The number of carbonyl (C=O) groups is 1. The number of hydrogen-bond acceptors (Lipinski definition) is 2. The Morgan fingerprint density at radius 3 is 2.57 bits per heavy atom. The summed E-state index contributed by atoms with van der Waals surface area (Å²) in [5, 5.41) is 4.12. The van der Waals surface area contributed by atoms with Crippen LogP contribution in [0.1, 0.15) is 5.56 Å². The van der Waals surface area contributed by atoms with Gasteiger partial charge in [0.2, 0.25) is 0 Å². The molecular formula is C17H18Cl2N2O2. The van der Waals surface area contributed by atoms with Crippen molar-refractivity contribution >= 4 is 34.9 Å². The lowest BCUT2D eigenvalue weighted by molar-refractivity contribution is 0.207. The molecule has 2 aromatic rings. The molecule has 0 aliphatic carbocycles. The van der Waals surface area contributed by atoms with Crippen molar-refractivity contribution in [3.05, 3.63) is 58.1 Å². The SMILES string of the molecule is Cc1c(Cl)cccc1NC(=O)N(C)CCOc1ccc(Cl)cc1. The normalized spacial score (nSPS) is 10.3. The standard InChI is InChI=1S/C17H18Cl2N2O2/c1-12-15(19)4-3-5-16(12)20-17(22)21(2)10-11-23-14-8-6-13(18)7-9-14/h3-9H,10-11H2,1-2H3,(H,20,22). The maximum atomic E-state index is 12.2. The molecular weight excluding hydrogens is 335 g/mol. The highest BCUT2D eigenvalue weighted by Gasteiger charge is 2.11. The van der Waals surface area contributed by atoms with Gasteiger partial charge in [0.1, 0.15) is 12.4 Å². The van der Waals surface area contributed by atoms with E-state index in [1.54, 1.807) is 48.3 Å². The second-order valence-corrected chi connectivity index (χ2v) is 5.91. The molecule has 0 saturated heterocycles. The second kappa shape index (κ2) is 8.09. The Hall–Kier alpha value is -1.91. The number of anilines is 1. The van der Waals surface area contributed by atoms with Gasteiger partial charge in [-0.2, -0.15) is 0 Å². The Kier molecular flexibility index (Phi) is 6.13. The second-order valence-electron chi connectivity index (χ2n) is 5.07. The van der Waals surface area contributed by atoms with Crippen LogP contribution in [0.15, 0.2) is 42.5 Å². The van der Waals surface area contributed by atoms with Gasteiger partial charge in [-0.1, -0.05) is 29.3 Å². The first-order chi connectivity index (χ1) is 11.0. The molecule has 0 spiro atoms. The predicted molar refractivity (Wildman–Crippen MR) is 94.8 cm³/mol. The van der Waals surface area contributed by atoms with Crippen LogP contribution in [-0.2, 0) is 0 Å². The number of halogens is 2. The van der Waals surface area contributed by atoms with E-state index in [-0.39, 0.29) is 6.03 Å². The van der Waals surface area contributed by atoms with Crippen molar-refractivity contribution in [3.8, 4) is 5.75 Å². The van der Waals surface area contributed by atoms with Crippen LogP contribution in [-0.4, -0.2) is 31.1 Å². The summed E-state index contributed by atoms with van der Waals surface area (Å²) in [5.41, 5.74) is 1.54. The largest absolute Gasteiger partial charge is 0.492 e. The first-order valence-corrected chi connectivity index (χ1v) is 7.88. The van der Waals surface area contributed by atoms with Crippen molar-refractivity contribution in [1.29, 1.82) is 0 Å². The third-order valence-electron chi connectivity index (χ3n) is 3.37. The minimum absolute atomic E-state index is 0.213. The van der Waals surface area contributed by atoms with Crippen molar-refractivity contribution in [3.63, 3.8) is 0 Å². The highest BCUT2D eigenvalue weighted by atomic mass is 35.5. The molecule has 0 bridgehead atoms. The van der Waals surface area contributed by atoms with E-state index >= 15 is 0 Å². The van der Waals surface area contributed by atoms with E-state index in [9.17, 15) is 4.79 Å². The summed E-state index contributed by atoms with van der Waals surface area (Å²) >= 11 is 11.9. The zero-order valence-corrected chi connectivity index (χ0v) is 14.5. The van der Waals surface area contributed by atoms with Gasteiger partial charge in [0.25, 0.3) is 0 Å². The summed E-state index contributed by atoms with van der Waals surface area (Å²) in [6, 6.07) is 12.3. The summed E-state index contributed by atoms with van der Waals surface area (Å²) in [7, 11) is 1.71. The fraction of sp³-hybridized carbons (Fsp3) is 0.235. The summed E-state index contributed by atoms with van der Waals surface area (Å²) in [6.07, 6.45) is 0. The molecule has 0 radical (unpaired) electrons. The smallest absolute Gasteiger partial charge is 0.321 e. The number of nitrogens with zero attached hydrogens (tertiary/aromatic N) is 1. The number of ether oxygens (including phenoxy) is 1. The lowest BCUT2D eigenvalue weighted by Crippen LogP contribution is -2.34. The zero-order valence-electron chi connectivity index (χ0n) is 13.0. The molecule has 122 valence electrons. The molecule has 0 saturated carbocycles. The number of hydrogen-bond donors (Lipinski definition) is 1. The van der Waals surface area contributed by atoms with Gasteiger partial charge in [-0.05, 0) is 48.9 Å². The number of likely N-dealkylation sites (N-methyl/N-ethyl adjacent to an activating group) is 1. The number of carbonyl (C=O) groups excluding carboxylic acids is 1. The quantitative estimate of drug-likeness (QED) is 0.835. The number of benzene rings is 2. The topological polar surface area (TPSA) is 41.6 Å². The third-order valence-corrected chi connectivity index (χ3v) is 4.03. The van der Waals surface area contributed by atoms with Crippen LogP contribution in [0.25, 0.3) is 0 Å². The van der Waals surface area contributed by atoms with E-state index in [0.29, 0.717) is 34.6 Å². The number of amides is 2. The minimum atomic E-state index is -0.213. The van der Waals surface area contributed by atoms with Gasteiger partial charge < -0.3 is 15.0 Å². The average molecular weight is 353 g/mol. The van der Waals surface area contributed by atoms with Crippen LogP contribution in [0.2, 0.25) is 10.0 Å². The molecule has 0 aliphatic heterocycles. The molecule has 0 aliphatic rings. The van der Waals surface area contributed by atoms with Crippen LogP contribution in [0.5, 0.6) is 5.75 Å². The Bertz CT molecular complexity index is 675. The fourth-order valence-electron chi connectivity index (χ4n) is 1.89. The van der Waals surface area contributed by atoms with Gasteiger partial charge in [-0.3, -0.25) is 0 Å². The minimum Gasteiger partial charge on any atom is -0.492 e. The maximum absolute atomic E-state index is 12.2. The summed E-state index contributed by atoms with van der Waals surface area (Å²) < 4.78 is 5.57. The molecule has 0 heterocycles. The van der Waals surface area contributed by atoms with Crippen LogP contribution in [0.3, 0.4) is 0 Å². The monoisotopic (exact) mass is 352 g/mol. The Labute approximate surface area is 146 Å². The number of nitrogens with one attached hydrogen (secondary N) is 1. The van der Waals surface area contributed by atoms with Crippen molar-refractivity contribution in [2.75, 3.05) is 25.5 Å². The number of rotatable bonds is 5. The maximum Gasteiger partial charge on any atom is 0.321 e. The average Bonchev–Trinajstić information content (AvgIpc) is 2.53. The van der Waals surface area contributed by atoms with Gasteiger partial charge in [-0.15, -0.1) is 0 Å². The lowest BCUT2D eigenvalue weighted by atomic mass is 10.2. The van der Waals surface area contributed by atoms with Crippen molar-refractivity contribution in [2.45, 2.75) is 6.92 Å². The molecule has 0 unspecified atom stereocenters. The van der Waals surface area contributed by atoms with E-state index in [0.717, 1.165) is 5.56 Å². The molecule has 6 heteroatoms. The molecule has 0 atom stereocenters. The van der Waals surface area contributed by atoms with Crippen LogP contribution in [0.4, 0.5) is 10.5 Å². The first kappa shape index (κ1) is 17.4. The first-order valence-electron chi connectivity index (χ1n) is 7.13. The summed E-state index contributed by atoms with van der Waals surface area (Å²) in [4.78, 5) is 13.7. The van der Waals surface area contributed by atoms with Crippen molar-refractivity contribution in [1.82, 2.24) is 4.90 Å². The van der Waals surface area contributed by atoms with Gasteiger partial charge in [0, 0.05) is 22.8 Å². The third kappa shape index (κ3) is 5.05. The van der Waals surface area contributed by atoms with Crippen LogP contribution in [0, 0.1) is 6.92 Å². The molecule has 2 amide bonds. The fourth-order valence-corrected chi connectivity index (χ4v) is 2.19. The van der Waals surface area contributed by atoms with E-state index in [4.69, 9.17) is 27.9 Å². The molecule has 0 fully saturated rings. The van der Waals surface area contributed by atoms with E-state index in [1.807, 2.05) is 13.0 Å². The molecule has 0 aromatic heterocycles. The van der Waals surface area contributed by atoms with E-state index in [1.165, 1.54) is 0 Å². The Morgan fingerprint density at radius 2 is 1.87 bits per heavy atom. The lowest BCUT2D eigenvalue weighted by Gasteiger charge is -2.19. The van der Waals surface area contributed by atoms with Gasteiger partial charge in [0.05, 0.1) is 6.54 Å². The molecule has 2 aromatic carbocycles. The molecule has 4 nitrogen and oxygen atoms in total. The van der Waals surface area contributed by atoms with Gasteiger partial charge >= 0.3 is 6.03 Å². The van der Waals surface area contributed by atoms with E-state index < -0.39 is 0 Å². The van der Waals surface area contributed by atoms with Crippen molar-refractivity contribution in [2.24, 2.45) is 0 Å².